The first kappa shape index (κ1) is 28.1. The molecule has 1 aliphatic heterocycles. The van der Waals surface area contributed by atoms with Gasteiger partial charge in [0, 0.05) is 27.0 Å². The van der Waals surface area contributed by atoms with Crippen molar-refractivity contribution in [3.8, 4) is 0 Å². The highest BCUT2D eigenvalue weighted by molar-refractivity contribution is 9.10. The normalized spacial score (nSPS) is 15.1. The summed E-state index contributed by atoms with van der Waals surface area (Å²) in [5, 5.41) is 5.02. The SMILES string of the molecule is O=C(Nc1ccc(SC2CC(=O)N(c3ccccc3)C2=O)cc1)/C(=C/c1ccc(Br)cc1)NC(=O)c1ccccc1. The van der Waals surface area contributed by atoms with Crippen molar-refractivity contribution < 1.29 is 19.2 Å². The first-order valence-corrected chi connectivity index (χ1v) is 14.4. The van der Waals surface area contributed by atoms with E-state index < -0.39 is 17.1 Å². The van der Waals surface area contributed by atoms with E-state index in [1.54, 1.807) is 78.9 Å². The number of rotatable bonds is 8. The van der Waals surface area contributed by atoms with Crippen LogP contribution in [0.15, 0.2) is 124 Å². The number of nitrogens with zero attached hydrogens (tertiary/aromatic N) is 1. The molecular formula is C32H24BrN3O4S. The predicted molar refractivity (Wildman–Crippen MR) is 164 cm³/mol. The number of imide groups is 1. The minimum absolute atomic E-state index is 0.0793. The molecule has 0 radical (unpaired) electrons. The molecule has 1 saturated heterocycles. The summed E-state index contributed by atoms with van der Waals surface area (Å²) in [6, 6.07) is 31.9. The van der Waals surface area contributed by atoms with Crippen molar-refractivity contribution in [2.24, 2.45) is 0 Å². The summed E-state index contributed by atoms with van der Waals surface area (Å²) in [6.07, 6.45) is 1.72. The molecule has 0 aliphatic carbocycles. The summed E-state index contributed by atoms with van der Waals surface area (Å²) >= 11 is 4.71. The van der Waals surface area contributed by atoms with Gasteiger partial charge in [-0.15, -0.1) is 11.8 Å². The molecular weight excluding hydrogens is 602 g/mol. The average Bonchev–Trinajstić information content (AvgIpc) is 3.27. The molecule has 4 aromatic carbocycles. The van der Waals surface area contributed by atoms with Gasteiger partial charge < -0.3 is 10.6 Å². The number of hydrogen-bond donors (Lipinski definition) is 2. The number of hydrogen-bond acceptors (Lipinski definition) is 5. The maximum atomic E-state index is 13.3. The van der Waals surface area contributed by atoms with E-state index in [4.69, 9.17) is 0 Å². The quantitative estimate of drug-likeness (QED) is 0.177. The highest BCUT2D eigenvalue weighted by Crippen LogP contribution is 2.34. The first-order valence-electron chi connectivity index (χ1n) is 12.7. The molecule has 0 bridgehead atoms. The Kier molecular flexibility index (Phi) is 8.76. The molecule has 1 aliphatic rings. The van der Waals surface area contributed by atoms with E-state index in [1.807, 2.05) is 36.4 Å². The topological polar surface area (TPSA) is 95.6 Å². The summed E-state index contributed by atoms with van der Waals surface area (Å²) in [5.41, 5.74) is 2.31. The van der Waals surface area contributed by atoms with Gasteiger partial charge in [0.1, 0.15) is 5.70 Å². The van der Waals surface area contributed by atoms with Crippen LogP contribution < -0.4 is 15.5 Å². The third-order valence-electron chi connectivity index (χ3n) is 6.22. The van der Waals surface area contributed by atoms with Crippen LogP contribution in [-0.4, -0.2) is 28.9 Å². The van der Waals surface area contributed by atoms with Gasteiger partial charge in [0.15, 0.2) is 0 Å². The molecule has 0 saturated carbocycles. The molecule has 41 heavy (non-hydrogen) atoms. The number of thioether (sulfide) groups is 1. The second kappa shape index (κ2) is 12.8. The van der Waals surface area contributed by atoms with Crippen LogP contribution in [0.25, 0.3) is 6.08 Å². The number of amides is 4. The Hall–Kier alpha value is -4.47. The molecule has 4 aromatic rings. The van der Waals surface area contributed by atoms with E-state index in [0.717, 1.165) is 14.9 Å². The second-order valence-corrected chi connectivity index (χ2v) is 11.3. The van der Waals surface area contributed by atoms with E-state index in [2.05, 4.69) is 26.6 Å². The lowest BCUT2D eigenvalue weighted by atomic mass is 10.1. The molecule has 0 aromatic heterocycles. The Morgan fingerprint density at radius 2 is 1.46 bits per heavy atom. The van der Waals surface area contributed by atoms with Crippen LogP contribution in [0.3, 0.4) is 0 Å². The zero-order valence-electron chi connectivity index (χ0n) is 21.6. The number of carbonyl (C=O) groups is 4. The third-order valence-corrected chi connectivity index (χ3v) is 7.95. The second-order valence-electron chi connectivity index (χ2n) is 9.12. The molecule has 9 heteroatoms. The Morgan fingerprint density at radius 3 is 2.12 bits per heavy atom. The van der Waals surface area contributed by atoms with Gasteiger partial charge in [0.05, 0.1) is 10.9 Å². The predicted octanol–water partition coefficient (Wildman–Crippen LogP) is 6.28. The van der Waals surface area contributed by atoms with Gasteiger partial charge in [-0.1, -0.05) is 64.5 Å². The molecule has 4 amide bonds. The standard InChI is InChI=1S/C32H24BrN3O4S/c33-23-13-11-21(12-14-23)19-27(35-30(38)22-7-3-1-4-8-22)31(39)34-24-15-17-26(18-16-24)41-28-20-29(37)36(32(28)40)25-9-5-2-6-10-25/h1-19,28H,20H2,(H,34,39)(H,35,38)/b27-19-. The van der Waals surface area contributed by atoms with Crippen LogP contribution in [0.5, 0.6) is 0 Å². The molecule has 204 valence electrons. The van der Waals surface area contributed by atoms with Gasteiger partial charge in [-0.05, 0) is 72.3 Å². The molecule has 1 unspecified atom stereocenters. The highest BCUT2D eigenvalue weighted by atomic mass is 79.9. The lowest BCUT2D eigenvalue weighted by Crippen LogP contribution is -2.31. The van der Waals surface area contributed by atoms with E-state index in [9.17, 15) is 19.2 Å². The molecule has 1 fully saturated rings. The first-order chi connectivity index (χ1) is 19.9. The summed E-state index contributed by atoms with van der Waals surface area (Å²) < 4.78 is 0.892. The van der Waals surface area contributed by atoms with Crippen molar-refractivity contribution in [1.82, 2.24) is 5.32 Å². The number of para-hydroxylation sites is 1. The number of nitrogens with one attached hydrogen (secondary N) is 2. The van der Waals surface area contributed by atoms with Crippen LogP contribution >= 0.6 is 27.7 Å². The number of benzene rings is 4. The minimum atomic E-state index is -0.531. The average molecular weight is 627 g/mol. The number of halogens is 1. The summed E-state index contributed by atoms with van der Waals surface area (Å²) in [6.45, 7) is 0. The maximum Gasteiger partial charge on any atom is 0.272 e. The fourth-order valence-electron chi connectivity index (χ4n) is 4.19. The fraction of sp³-hybridized carbons (Fsp3) is 0.0625. The van der Waals surface area contributed by atoms with E-state index in [-0.39, 0.29) is 23.9 Å². The van der Waals surface area contributed by atoms with E-state index >= 15 is 0 Å². The van der Waals surface area contributed by atoms with Crippen molar-refractivity contribution in [1.29, 1.82) is 0 Å². The zero-order chi connectivity index (χ0) is 28.8. The lowest BCUT2D eigenvalue weighted by molar-refractivity contribution is -0.121. The lowest BCUT2D eigenvalue weighted by Gasteiger charge is -2.15. The molecule has 1 heterocycles. The highest BCUT2D eigenvalue weighted by Gasteiger charge is 2.40. The Balaban J connectivity index is 1.28. The Morgan fingerprint density at radius 1 is 0.829 bits per heavy atom. The molecule has 0 spiro atoms. The van der Waals surface area contributed by atoms with E-state index in [0.29, 0.717) is 16.9 Å². The van der Waals surface area contributed by atoms with E-state index in [1.165, 1.54) is 16.7 Å². The molecule has 7 nitrogen and oxygen atoms in total. The summed E-state index contributed by atoms with van der Waals surface area (Å²) in [7, 11) is 0. The van der Waals surface area contributed by atoms with Crippen LogP contribution in [0.1, 0.15) is 22.3 Å². The summed E-state index contributed by atoms with van der Waals surface area (Å²) in [5.74, 6) is -1.38. The van der Waals surface area contributed by atoms with Crippen LogP contribution in [0.2, 0.25) is 0 Å². The van der Waals surface area contributed by atoms with Gasteiger partial charge in [0.2, 0.25) is 11.8 Å². The van der Waals surface area contributed by atoms with Crippen LogP contribution in [0, 0.1) is 0 Å². The number of anilines is 2. The minimum Gasteiger partial charge on any atom is -0.321 e. The van der Waals surface area contributed by atoms with Gasteiger partial charge in [-0.3, -0.25) is 19.2 Å². The molecule has 2 N–H and O–H groups in total. The molecule has 1 atom stereocenters. The van der Waals surface area contributed by atoms with Crippen molar-refractivity contribution >= 4 is 68.8 Å². The third kappa shape index (κ3) is 7.00. The largest absolute Gasteiger partial charge is 0.321 e. The number of carbonyl (C=O) groups excluding carboxylic acids is 4. The van der Waals surface area contributed by atoms with Crippen molar-refractivity contribution in [3.05, 3.63) is 130 Å². The van der Waals surface area contributed by atoms with Gasteiger partial charge in [-0.2, -0.15) is 0 Å². The smallest absolute Gasteiger partial charge is 0.272 e. The van der Waals surface area contributed by atoms with Crippen LogP contribution in [-0.2, 0) is 14.4 Å². The van der Waals surface area contributed by atoms with Crippen molar-refractivity contribution in [3.63, 3.8) is 0 Å². The Bertz CT molecular complexity index is 1610. The monoisotopic (exact) mass is 625 g/mol. The van der Waals surface area contributed by atoms with Crippen LogP contribution in [0.4, 0.5) is 11.4 Å². The van der Waals surface area contributed by atoms with Crippen molar-refractivity contribution in [2.45, 2.75) is 16.6 Å². The Labute approximate surface area is 249 Å². The molecule has 5 rings (SSSR count). The zero-order valence-corrected chi connectivity index (χ0v) is 24.0. The van der Waals surface area contributed by atoms with Gasteiger partial charge in [0.25, 0.3) is 11.8 Å². The van der Waals surface area contributed by atoms with Gasteiger partial charge in [-0.25, -0.2) is 4.90 Å². The maximum absolute atomic E-state index is 13.3. The summed E-state index contributed by atoms with van der Waals surface area (Å²) in [4.78, 5) is 53.6. The fourth-order valence-corrected chi connectivity index (χ4v) is 5.51. The van der Waals surface area contributed by atoms with Crippen molar-refractivity contribution in [2.75, 3.05) is 10.2 Å². The van der Waals surface area contributed by atoms with Gasteiger partial charge >= 0.3 is 0 Å².